The van der Waals surface area contributed by atoms with E-state index in [1.54, 1.807) is 4.90 Å². The van der Waals surface area contributed by atoms with Crippen LogP contribution in [0.3, 0.4) is 0 Å². The first kappa shape index (κ1) is 17.4. The maximum absolute atomic E-state index is 11.6. The molecule has 1 saturated heterocycles. The number of rotatable bonds is 8. The number of nitrogens with zero attached hydrogens (tertiary/aromatic N) is 2. The maximum Gasteiger partial charge on any atom is 0.222 e. The Morgan fingerprint density at radius 2 is 2.10 bits per heavy atom. The predicted molar refractivity (Wildman–Crippen MR) is 84.8 cm³/mol. The fourth-order valence-electron chi connectivity index (χ4n) is 2.78. The third-order valence-electron chi connectivity index (χ3n) is 4.02. The number of hydrogen-bond donors (Lipinski definition) is 1. The predicted octanol–water partition coefficient (Wildman–Crippen LogP) is 1.95. The molecular formula is C16H33N3O. The molecule has 1 rings (SSSR count). The van der Waals surface area contributed by atoms with E-state index in [4.69, 9.17) is 0 Å². The second-order valence-corrected chi connectivity index (χ2v) is 6.63. The Hall–Kier alpha value is -0.610. The van der Waals surface area contributed by atoms with Crippen LogP contribution in [-0.4, -0.2) is 62.0 Å². The van der Waals surface area contributed by atoms with Gasteiger partial charge in [0.05, 0.1) is 0 Å². The van der Waals surface area contributed by atoms with E-state index in [9.17, 15) is 4.79 Å². The second kappa shape index (κ2) is 9.35. The molecule has 0 aliphatic carbocycles. The Bertz CT molecular complexity index is 279. The van der Waals surface area contributed by atoms with Crippen LogP contribution in [0.1, 0.15) is 46.0 Å². The first-order valence-electron chi connectivity index (χ1n) is 8.15. The molecule has 1 unspecified atom stereocenters. The standard InChI is InChI=1S/C16H33N3O/c1-14(2)12-17-13-15-8-5-6-10-19(15)11-7-9-16(20)18(3)4/h14-15,17H,5-13H2,1-4H3. The molecule has 0 saturated carbocycles. The zero-order valence-corrected chi connectivity index (χ0v) is 13.8. The van der Waals surface area contributed by atoms with Crippen molar-refractivity contribution in [3.05, 3.63) is 0 Å². The van der Waals surface area contributed by atoms with Gasteiger partial charge in [0, 0.05) is 33.1 Å². The van der Waals surface area contributed by atoms with Crippen molar-refractivity contribution in [2.24, 2.45) is 5.92 Å². The minimum Gasteiger partial charge on any atom is -0.349 e. The van der Waals surface area contributed by atoms with Crippen LogP contribution in [-0.2, 0) is 4.79 Å². The number of hydrogen-bond acceptors (Lipinski definition) is 3. The topological polar surface area (TPSA) is 35.6 Å². The minimum atomic E-state index is 0.247. The van der Waals surface area contributed by atoms with Crippen LogP contribution in [0, 0.1) is 5.92 Å². The molecule has 4 nitrogen and oxygen atoms in total. The SMILES string of the molecule is CC(C)CNCC1CCCCN1CCCC(=O)N(C)C. The molecule has 1 fully saturated rings. The Morgan fingerprint density at radius 1 is 1.35 bits per heavy atom. The quantitative estimate of drug-likeness (QED) is 0.739. The molecule has 0 radical (unpaired) electrons. The van der Waals surface area contributed by atoms with Crippen molar-refractivity contribution in [2.45, 2.75) is 52.0 Å². The van der Waals surface area contributed by atoms with Gasteiger partial charge in [-0.05, 0) is 44.8 Å². The van der Waals surface area contributed by atoms with Gasteiger partial charge in [-0.15, -0.1) is 0 Å². The van der Waals surface area contributed by atoms with E-state index in [2.05, 4.69) is 24.1 Å². The Morgan fingerprint density at radius 3 is 2.75 bits per heavy atom. The monoisotopic (exact) mass is 283 g/mol. The molecule has 1 heterocycles. The zero-order chi connectivity index (χ0) is 15.0. The average Bonchev–Trinajstić information content (AvgIpc) is 2.39. The van der Waals surface area contributed by atoms with Gasteiger partial charge in [0.2, 0.25) is 5.91 Å². The van der Waals surface area contributed by atoms with Crippen LogP contribution < -0.4 is 5.32 Å². The molecule has 1 amide bonds. The number of likely N-dealkylation sites (tertiary alicyclic amines) is 1. The van der Waals surface area contributed by atoms with Gasteiger partial charge in [-0.2, -0.15) is 0 Å². The van der Waals surface area contributed by atoms with Crippen LogP contribution in [0.5, 0.6) is 0 Å². The van der Waals surface area contributed by atoms with Crippen molar-refractivity contribution < 1.29 is 4.79 Å². The lowest BCUT2D eigenvalue weighted by Crippen LogP contribution is -2.46. The second-order valence-electron chi connectivity index (χ2n) is 6.63. The summed E-state index contributed by atoms with van der Waals surface area (Å²) in [6, 6.07) is 0.664. The normalized spacial score (nSPS) is 20.4. The summed E-state index contributed by atoms with van der Waals surface area (Å²) in [5.74, 6) is 0.959. The summed E-state index contributed by atoms with van der Waals surface area (Å²) in [5.41, 5.74) is 0. The van der Waals surface area contributed by atoms with Gasteiger partial charge in [-0.25, -0.2) is 0 Å². The Labute approximate surface area is 124 Å². The van der Waals surface area contributed by atoms with Crippen molar-refractivity contribution in [3.63, 3.8) is 0 Å². The van der Waals surface area contributed by atoms with E-state index in [0.29, 0.717) is 18.4 Å². The highest BCUT2D eigenvalue weighted by Gasteiger charge is 2.21. The molecule has 20 heavy (non-hydrogen) atoms. The molecule has 0 aromatic rings. The highest BCUT2D eigenvalue weighted by atomic mass is 16.2. The number of carbonyl (C=O) groups is 1. The highest BCUT2D eigenvalue weighted by molar-refractivity contribution is 5.75. The zero-order valence-electron chi connectivity index (χ0n) is 13.8. The summed E-state index contributed by atoms with van der Waals surface area (Å²) in [6.45, 7) is 8.96. The smallest absolute Gasteiger partial charge is 0.222 e. The van der Waals surface area contributed by atoms with Crippen molar-refractivity contribution in [1.29, 1.82) is 0 Å². The molecule has 0 bridgehead atoms. The number of amides is 1. The maximum atomic E-state index is 11.6. The van der Waals surface area contributed by atoms with Crippen LogP contribution >= 0.6 is 0 Å². The van der Waals surface area contributed by atoms with Crippen molar-refractivity contribution in [3.8, 4) is 0 Å². The summed E-state index contributed by atoms with van der Waals surface area (Å²) >= 11 is 0. The summed E-state index contributed by atoms with van der Waals surface area (Å²) in [4.78, 5) is 15.9. The molecule has 118 valence electrons. The summed E-state index contributed by atoms with van der Waals surface area (Å²) in [6.07, 6.45) is 5.61. The first-order valence-corrected chi connectivity index (χ1v) is 8.15. The lowest BCUT2D eigenvalue weighted by molar-refractivity contribution is -0.128. The lowest BCUT2D eigenvalue weighted by Gasteiger charge is -2.36. The van der Waals surface area contributed by atoms with Gasteiger partial charge >= 0.3 is 0 Å². The molecular weight excluding hydrogens is 250 g/mol. The number of nitrogens with one attached hydrogen (secondary N) is 1. The van der Waals surface area contributed by atoms with E-state index in [1.165, 1.54) is 25.8 Å². The highest BCUT2D eigenvalue weighted by Crippen LogP contribution is 2.17. The summed E-state index contributed by atoms with van der Waals surface area (Å²) in [5, 5.41) is 3.59. The van der Waals surface area contributed by atoms with Gasteiger partial charge in [0.15, 0.2) is 0 Å². The summed E-state index contributed by atoms with van der Waals surface area (Å²) < 4.78 is 0. The van der Waals surface area contributed by atoms with Gasteiger partial charge in [0.25, 0.3) is 0 Å². The third kappa shape index (κ3) is 6.71. The van der Waals surface area contributed by atoms with Crippen molar-refractivity contribution >= 4 is 5.91 Å². The summed E-state index contributed by atoms with van der Waals surface area (Å²) in [7, 11) is 3.67. The molecule has 0 spiro atoms. The van der Waals surface area contributed by atoms with E-state index in [0.717, 1.165) is 26.1 Å². The van der Waals surface area contributed by atoms with Crippen LogP contribution in [0.4, 0.5) is 0 Å². The molecule has 1 aliphatic heterocycles. The molecule has 4 heteroatoms. The largest absolute Gasteiger partial charge is 0.349 e. The lowest BCUT2D eigenvalue weighted by atomic mass is 10.0. The average molecular weight is 283 g/mol. The molecule has 1 N–H and O–H groups in total. The van der Waals surface area contributed by atoms with Crippen LogP contribution in [0.25, 0.3) is 0 Å². The van der Waals surface area contributed by atoms with Gasteiger partial charge in [-0.3, -0.25) is 9.69 Å². The van der Waals surface area contributed by atoms with Crippen molar-refractivity contribution in [1.82, 2.24) is 15.1 Å². The number of carbonyl (C=O) groups excluding carboxylic acids is 1. The van der Waals surface area contributed by atoms with Gasteiger partial charge in [0.1, 0.15) is 0 Å². The number of piperidine rings is 1. The molecule has 0 aromatic heterocycles. The fraction of sp³-hybridized carbons (Fsp3) is 0.938. The first-order chi connectivity index (χ1) is 9.50. The fourth-order valence-corrected chi connectivity index (χ4v) is 2.78. The minimum absolute atomic E-state index is 0.247. The van der Waals surface area contributed by atoms with E-state index in [1.807, 2.05) is 14.1 Å². The molecule has 1 atom stereocenters. The van der Waals surface area contributed by atoms with Crippen LogP contribution in [0.15, 0.2) is 0 Å². The van der Waals surface area contributed by atoms with Gasteiger partial charge in [-0.1, -0.05) is 20.3 Å². The van der Waals surface area contributed by atoms with E-state index >= 15 is 0 Å². The van der Waals surface area contributed by atoms with Gasteiger partial charge < -0.3 is 10.2 Å². The van der Waals surface area contributed by atoms with Crippen molar-refractivity contribution in [2.75, 3.05) is 40.3 Å². The Balaban J connectivity index is 2.27. The molecule has 1 aliphatic rings. The third-order valence-corrected chi connectivity index (χ3v) is 4.02. The Kier molecular flexibility index (Phi) is 8.15. The van der Waals surface area contributed by atoms with Crippen LogP contribution in [0.2, 0.25) is 0 Å². The molecule has 0 aromatic carbocycles. The van der Waals surface area contributed by atoms with E-state index in [-0.39, 0.29) is 5.91 Å². The van der Waals surface area contributed by atoms with E-state index < -0.39 is 0 Å².